The van der Waals surface area contributed by atoms with E-state index in [1.165, 1.54) is 48.0 Å². The number of aromatic nitrogens is 2. The van der Waals surface area contributed by atoms with Crippen LogP contribution in [0.4, 0.5) is 13.2 Å². The number of halogens is 4. The number of benzene rings is 3. The molecule has 0 bridgehead atoms. The largest absolute Gasteiger partial charge is 0.494 e. The first-order valence-electron chi connectivity index (χ1n) is 13.8. The van der Waals surface area contributed by atoms with Gasteiger partial charge in [-0.15, -0.1) is 0 Å². The fraction of sp³-hybridized carbons (Fsp3) is 0.323. The zero-order valence-electron chi connectivity index (χ0n) is 25.0. The molecule has 4 aromatic rings. The number of hydrogen-bond acceptors (Lipinski definition) is 5. The number of rotatable bonds is 13. The van der Waals surface area contributed by atoms with Crippen molar-refractivity contribution in [3.8, 4) is 11.4 Å². The summed E-state index contributed by atoms with van der Waals surface area (Å²) >= 11 is 7.61. The van der Waals surface area contributed by atoms with Crippen molar-refractivity contribution >= 4 is 33.4 Å². The third-order valence-corrected chi connectivity index (χ3v) is 10.0. The number of sulfonamides is 1. The van der Waals surface area contributed by atoms with Crippen molar-refractivity contribution in [2.75, 3.05) is 34.3 Å². The molecule has 0 radical (unpaired) electrons. The summed E-state index contributed by atoms with van der Waals surface area (Å²) in [5, 5.41) is 0.431. The van der Waals surface area contributed by atoms with Crippen molar-refractivity contribution in [1.82, 2.24) is 14.3 Å². The molecule has 0 spiro atoms. The molecule has 1 heterocycles. The normalized spacial score (nSPS) is 12.2. The van der Waals surface area contributed by atoms with E-state index in [0.29, 0.717) is 23.0 Å². The maximum Gasteiger partial charge on any atom is 0.240 e. The molecule has 7 nitrogen and oxygen atoms in total. The minimum Gasteiger partial charge on any atom is -0.494 e. The van der Waals surface area contributed by atoms with Crippen LogP contribution in [-0.2, 0) is 21.2 Å². The standard InChI is InChI=1S/C31H34ClF3N4O3S2/c1-31(2,20-7-12-26(34)28(15-20)42-5)29-18-36-30(39(29)22-10-8-21(33)9-11-22)43-19-24-25(32)16-23(17-27(24)35)44(40,41)37-13-6-14-38(3)4/h7-12,15-18,37H,6,13-14,19H2,1-5H3/p+1. The van der Waals surface area contributed by atoms with Gasteiger partial charge in [-0.25, -0.2) is 31.3 Å². The predicted molar refractivity (Wildman–Crippen MR) is 167 cm³/mol. The highest BCUT2D eigenvalue weighted by Gasteiger charge is 2.31. The third-order valence-electron chi connectivity index (χ3n) is 7.24. The molecule has 0 fully saturated rings. The van der Waals surface area contributed by atoms with Crippen LogP contribution < -0.4 is 14.4 Å². The highest BCUT2D eigenvalue weighted by atomic mass is 35.5. The van der Waals surface area contributed by atoms with Crippen LogP contribution in [0, 0.1) is 17.5 Å². The second kappa shape index (κ2) is 13.9. The molecule has 0 atom stereocenters. The molecule has 0 saturated heterocycles. The van der Waals surface area contributed by atoms with Gasteiger partial charge in [0, 0.05) is 40.4 Å². The molecule has 1 aromatic heterocycles. The van der Waals surface area contributed by atoms with E-state index in [1.807, 2.05) is 32.5 Å². The van der Waals surface area contributed by atoms with Crippen LogP contribution >= 0.6 is 23.4 Å². The molecule has 236 valence electrons. The maximum atomic E-state index is 15.3. The first-order valence-corrected chi connectivity index (χ1v) is 16.7. The van der Waals surface area contributed by atoms with Crippen LogP contribution in [-0.4, -0.2) is 52.3 Å². The number of imidazole rings is 1. The van der Waals surface area contributed by atoms with Crippen molar-refractivity contribution in [2.24, 2.45) is 0 Å². The van der Waals surface area contributed by atoms with Crippen LogP contribution in [0.2, 0.25) is 5.02 Å². The number of methoxy groups -OCH3 is 1. The van der Waals surface area contributed by atoms with Gasteiger partial charge in [0.15, 0.2) is 16.7 Å². The number of thioether (sulfide) groups is 1. The maximum absolute atomic E-state index is 15.3. The van der Waals surface area contributed by atoms with E-state index in [4.69, 9.17) is 16.3 Å². The van der Waals surface area contributed by atoms with Crippen LogP contribution in [0.1, 0.15) is 37.1 Å². The van der Waals surface area contributed by atoms with Gasteiger partial charge in [-0.3, -0.25) is 4.57 Å². The summed E-state index contributed by atoms with van der Waals surface area (Å²) in [6.45, 7) is 4.88. The number of hydrogen-bond donors (Lipinski definition) is 2. The van der Waals surface area contributed by atoms with Crippen LogP contribution in [0.3, 0.4) is 0 Å². The van der Waals surface area contributed by atoms with Gasteiger partial charge >= 0.3 is 0 Å². The lowest BCUT2D eigenvalue weighted by atomic mass is 9.81. The molecule has 4 rings (SSSR count). The molecule has 0 aliphatic heterocycles. The summed E-state index contributed by atoms with van der Waals surface area (Å²) in [6.07, 6.45) is 2.29. The van der Waals surface area contributed by atoms with Crippen molar-refractivity contribution < 1.29 is 31.2 Å². The lowest BCUT2D eigenvalue weighted by molar-refractivity contribution is -0.858. The first-order chi connectivity index (χ1) is 20.7. The Bertz CT molecular complexity index is 1710. The van der Waals surface area contributed by atoms with E-state index in [9.17, 15) is 17.2 Å². The Kier molecular flexibility index (Phi) is 10.7. The second-order valence-corrected chi connectivity index (χ2v) is 14.2. The molecule has 0 aliphatic carbocycles. The van der Waals surface area contributed by atoms with Crippen LogP contribution in [0.5, 0.6) is 5.75 Å². The fourth-order valence-corrected chi connectivity index (χ4v) is 7.21. The number of nitrogens with zero attached hydrogens (tertiary/aromatic N) is 2. The van der Waals surface area contributed by atoms with E-state index in [-0.39, 0.29) is 33.5 Å². The number of ether oxygens (including phenoxy) is 1. The van der Waals surface area contributed by atoms with Gasteiger partial charge in [-0.1, -0.05) is 43.3 Å². The quantitative estimate of drug-likeness (QED) is 0.148. The fourth-order valence-electron chi connectivity index (χ4n) is 4.66. The lowest BCUT2D eigenvalue weighted by Crippen LogP contribution is -3.05. The Hall–Kier alpha value is -3.03. The summed E-state index contributed by atoms with van der Waals surface area (Å²) in [5.41, 5.74) is 1.46. The van der Waals surface area contributed by atoms with Crippen molar-refractivity contribution in [1.29, 1.82) is 0 Å². The topological polar surface area (TPSA) is 77.7 Å². The van der Waals surface area contributed by atoms with Crippen molar-refractivity contribution in [3.05, 3.63) is 100 Å². The summed E-state index contributed by atoms with van der Waals surface area (Å²) in [6, 6.07) is 12.7. The van der Waals surface area contributed by atoms with Gasteiger partial charge in [-0.05, 0) is 54.1 Å². The molecule has 2 N–H and O–H groups in total. The average molecular weight is 668 g/mol. The van der Waals surface area contributed by atoms with Crippen molar-refractivity contribution in [2.45, 2.75) is 41.5 Å². The average Bonchev–Trinajstić information content (AvgIpc) is 3.40. The minimum absolute atomic E-state index is 0.0329. The molecule has 13 heteroatoms. The third kappa shape index (κ3) is 7.60. The molecular formula is C31H35ClF3N4O3S2+. The first kappa shape index (κ1) is 33.9. The predicted octanol–water partition coefficient (Wildman–Crippen LogP) is 5.38. The molecule has 3 aromatic carbocycles. The van der Waals surface area contributed by atoms with E-state index in [0.717, 1.165) is 18.2 Å². The Morgan fingerprint density at radius 3 is 2.39 bits per heavy atom. The highest BCUT2D eigenvalue weighted by Crippen LogP contribution is 2.39. The van der Waals surface area contributed by atoms with Crippen molar-refractivity contribution in [3.63, 3.8) is 0 Å². The molecule has 44 heavy (non-hydrogen) atoms. The Balaban J connectivity index is 1.66. The van der Waals surface area contributed by atoms with E-state index in [1.54, 1.807) is 30.5 Å². The molecule has 0 amide bonds. The molecule has 0 aliphatic rings. The van der Waals surface area contributed by atoms with Gasteiger partial charge in [0.1, 0.15) is 11.6 Å². The number of quaternary nitrogens is 1. The van der Waals surface area contributed by atoms with Gasteiger partial charge < -0.3 is 9.64 Å². The van der Waals surface area contributed by atoms with Gasteiger partial charge in [-0.2, -0.15) is 0 Å². The Labute approximate surface area is 265 Å². The van der Waals surface area contributed by atoms with Gasteiger partial charge in [0.2, 0.25) is 10.0 Å². The summed E-state index contributed by atoms with van der Waals surface area (Å²) in [4.78, 5) is 5.54. The van der Waals surface area contributed by atoms with Crippen LogP contribution in [0.15, 0.2) is 70.8 Å². The Morgan fingerprint density at radius 1 is 1.05 bits per heavy atom. The minimum atomic E-state index is -3.95. The number of nitrogens with one attached hydrogen (secondary N) is 2. The zero-order chi connectivity index (χ0) is 32.2. The molecule has 0 unspecified atom stereocenters. The SMILES string of the molecule is COc1cc(C(C)(C)c2cnc(SCc3c(F)cc(S(=O)(=O)NCCC[NH+](C)C)cc3Cl)n2-c2ccc(F)cc2)ccc1F. The smallest absolute Gasteiger partial charge is 0.240 e. The van der Waals surface area contributed by atoms with Gasteiger partial charge in [0.05, 0.1) is 44.5 Å². The van der Waals surface area contributed by atoms with E-state index in [2.05, 4.69) is 9.71 Å². The molecular weight excluding hydrogens is 633 g/mol. The van der Waals surface area contributed by atoms with Gasteiger partial charge in [0.25, 0.3) is 0 Å². The zero-order valence-corrected chi connectivity index (χ0v) is 27.4. The van der Waals surface area contributed by atoms with Crippen LogP contribution in [0.25, 0.3) is 5.69 Å². The summed E-state index contributed by atoms with van der Waals surface area (Å²) < 4.78 is 78.4. The molecule has 0 saturated carbocycles. The monoisotopic (exact) mass is 667 g/mol. The van der Waals surface area contributed by atoms with E-state index >= 15 is 4.39 Å². The summed E-state index contributed by atoms with van der Waals surface area (Å²) in [7, 11) is 1.38. The lowest BCUT2D eigenvalue weighted by Gasteiger charge is -2.28. The Morgan fingerprint density at radius 2 is 1.75 bits per heavy atom. The highest BCUT2D eigenvalue weighted by molar-refractivity contribution is 7.98. The van der Waals surface area contributed by atoms with E-state index < -0.39 is 32.9 Å². The summed E-state index contributed by atoms with van der Waals surface area (Å²) in [5.74, 6) is -1.54. The second-order valence-electron chi connectivity index (χ2n) is 11.1.